The molecule has 3 aromatic rings. The average molecular weight is 388 g/mol. The van der Waals surface area contributed by atoms with Gasteiger partial charge in [0, 0.05) is 10.8 Å². The topological polar surface area (TPSA) is 60.2 Å². The Morgan fingerprint density at radius 2 is 1.73 bits per heavy atom. The average Bonchev–Trinajstić information content (AvgIpc) is 3.07. The summed E-state index contributed by atoms with van der Waals surface area (Å²) in [5.41, 5.74) is 1.88. The largest absolute Gasteiger partial charge is 0.428 e. The van der Waals surface area contributed by atoms with Crippen LogP contribution in [0, 0.1) is 6.92 Å². The Kier molecular flexibility index (Phi) is 5.53. The standard InChI is InChI=1S/C20H21NO3S2/c1-4-15(3)25-20-19(26(22,23)17-8-6-5-7-9-17)21-18(24-20)16-12-10-14(2)11-13-16/h5-13,15H,4H2,1-3H3. The maximum absolute atomic E-state index is 13.1. The molecule has 1 atom stereocenters. The van der Waals surface area contributed by atoms with Crippen LogP contribution in [0.2, 0.25) is 0 Å². The Hall–Kier alpha value is -2.05. The third-order valence-electron chi connectivity index (χ3n) is 4.06. The van der Waals surface area contributed by atoms with Crippen molar-refractivity contribution >= 4 is 21.6 Å². The summed E-state index contributed by atoms with van der Waals surface area (Å²) in [5.74, 6) is 0.324. The van der Waals surface area contributed by atoms with E-state index in [0.29, 0.717) is 11.0 Å². The number of oxazole rings is 1. The van der Waals surface area contributed by atoms with Gasteiger partial charge in [-0.25, -0.2) is 8.42 Å². The molecule has 4 nitrogen and oxygen atoms in total. The summed E-state index contributed by atoms with van der Waals surface area (Å²) in [4.78, 5) is 4.59. The highest BCUT2D eigenvalue weighted by atomic mass is 32.2. The van der Waals surface area contributed by atoms with Gasteiger partial charge < -0.3 is 4.42 Å². The minimum absolute atomic E-state index is 0.00965. The van der Waals surface area contributed by atoms with Crippen molar-refractivity contribution in [1.82, 2.24) is 4.98 Å². The van der Waals surface area contributed by atoms with E-state index < -0.39 is 9.84 Å². The molecular weight excluding hydrogens is 366 g/mol. The number of nitrogens with zero attached hydrogens (tertiary/aromatic N) is 1. The van der Waals surface area contributed by atoms with Gasteiger partial charge in [-0.3, -0.25) is 0 Å². The van der Waals surface area contributed by atoms with Gasteiger partial charge in [-0.15, -0.1) is 0 Å². The Morgan fingerprint density at radius 3 is 2.35 bits per heavy atom. The van der Waals surface area contributed by atoms with Crippen molar-refractivity contribution in [3.05, 3.63) is 60.2 Å². The smallest absolute Gasteiger partial charge is 0.228 e. The van der Waals surface area contributed by atoms with Crippen molar-refractivity contribution in [2.24, 2.45) is 0 Å². The molecule has 0 aliphatic carbocycles. The number of thioether (sulfide) groups is 1. The molecule has 2 aromatic carbocycles. The SMILES string of the molecule is CCC(C)Sc1oc(-c2ccc(C)cc2)nc1S(=O)(=O)c1ccccc1. The Morgan fingerprint density at radius 1 is 1.08 bits per heavy atom. The van der Waals surface area contributed by atoms with E-state index in [1.807, 2.05) is 38.1 Å². The van der Waals surface area contributed by atoms with Gasteiger partial charge in [0.2, 0.25) is 25.8 Å². The maximum atomic E-state index is 13.1. The van der Waals surface area contributed by atoms with E-state index in [4.69, 9.17) is 4.42 Å². The van der Waals surface area contributed by atoms with Crippen LogP contribution in [-0.4, -0.2) is 18.7 Å². The zero-order chi connectivity index (χ0) is 18.7. The van der Waals surface area contributed by atoms with Crippen LogP contribution in [0.3, 0.4) is 0 Å². The zero-order valence-electron chi connectivity index (χ0n) is 15.0. The van der Waals surface area contributed by atoms with E-state index in [2.05, 4.69) is 11.9 Å². The van der Waals surface area contributed by atoms with Gasteiger partial charge >= 0.3 is 0 Å². The summed E-state index contributed by atoms with van der Waals surface area (Å²) < 4.78 is 32.1. The second-order valence-corrected chi connectivity index (χ2v) is 9.41. The molecule has 0 amide bonds. The van der Waals surface area contributed by atoms with Gasteiger partial charge in [-0.1, -0.05) is 61.5 Å². The first-order chi connectivity index (χ1) is 12.4. The van der Waals surface area contributed by atoms with E-state index in [-0.39, 0.29) is 15.2 Å². The molecule has 0 fully saturated rings. The molecule has 0 aliphatic rings. The fourth-order valence-electron chi connectivity index (χ4n) is 2.33. The second kappa shape index (κ2) is 7.68. The van der Waals surface area contributed by atoms with Crippen molar-refractivity contribution in [3.63, 3.8) is 0 Å². The molecule has 1 heterocycles. The minimum atomic E-state index is -3.74. The molecule has 0 bridgehead atoms. The molecule has 1 unspecified atom stereocenters. The van der Waals surface area contributed by atoms with Gasteiger partial charge in [0.05, 0.1) is 4.90 Å². The van der Waals surface area contributed by atoms with Crippen LogP contribution in [0.1, 0.15) is 25.8 Å². The zero-order valence-corrected chi connectivity index (χ0v) is 16.6. The van der Waals surface area contributed by atoms with Crippen LogP contribution >= 0.6 is 11.8 Å². The first-order valence-electron chi connectivity index (χ1n) is 8.46. The van der Waals surface area contributed by atoms with E-state index in [0.717, 1.165) is 17.5 Å². The van der Waals surface area contributed by atoms with Crippen LogP contribution in [-0.2, 0) is 9.84 Å². The predicted octanol–water partition coefficient (Wildman–Crippen LogP) is 5.37. The summed E-state index contributed by atoms with van der Waals surface area (Å²) in [6, 6.07) is 16.0. The molecule has 0 saturated heterocycles. The molecule has 1 aromatic heterocycles. The summed E-state index contributed by atoms with van der Waals surface area (Å²) in [6.45, 7) is 6.09. The molecule has 26 heavy (non-hydrogen) atoms. The van der Waals surface area contributed by atoms with Gasteiger partial charge in [0.1, 0.15) is 0 Å². The van der Waals surface area contributed by atoms with Crippen molar-refractivity contribution in [3.8, 4) is 11.5 Å². The lowest BCUT2D eigenvalue weighted by atomic mass is 10.1. The summed E-state index contributed by atoms with van der Waals surface area (Å²) >= 11 is 1.40. The first-order valence-corrected chi connectivity index (χ1v) is 10.8. The predicted molar refractivity (Wildman–Crippen MR) is 104 cm³/mol. The van der Waals surface area contributed by atoms with E-state index in [1.54, 1.807) is 30.3 Å². The van der Waals surface area contributed by atoms with Gasteiger partial charge in [-0.2, -0.15) is 4.98 Å². The summed E-state index contributed by atoms with van der Waals surface area (Å²) in [5, 5.41) is 0.557. The highest BCUT2D eigenvalue weighted by Gasteiger charge is 2.29. The van der Waals surface area contributed by atoms with Gasteiger partial charge in [-0.05, 0) is 37.6 Å². The maximum Gasteiger partial charge on any atom is 0.228 e. The molecule has 3 rings (SSSR count). The molecule has 0 saturated carbocycles. The van der Waals surface area contributed by atoms with Crippen molar-refractivity contribution in [2.45, 2.75) is 47.5 Å². The van der Waals surface area contributed by atoms with Crippen LogP contribution in [0.4, 0.5) is 0 Å². The normalized spacial score (nSPS) is 12.9. The lowest BCUT2D eigenvalue weighted by Gasteiger charge is -2.07. The third-order valence-corrected chi connectivity index (χ3v) is 7.09. The van der Waals surface area contributed by atoms with Crippen molar-refractivity contribution in [2.75, 3.05) is 0 Å². The minimum Gasteiger partial charge on any atom is -0.428 e. The van der Waals surface area contributed by atoms with Crippen molar-refractivity contribution in [1.29, 1.82) is 0 Å². The second-order valence-electron chi connectivity index (χ2n) is 6.13. The molecule has 0 aliphatic heterocycles. The van der Waals surface area contributed by atoms with Gasteiger partial charge in [0.25, 0.3) is 0 Å². The Bertz CT molecular complexity index is 978. The molecular formula is C20H21NO3S2. The number of hydrogen-bond acceptors (Lipinski definition) is 5. The Labute approximate surface area is 158 Å². The molecule has 6 heteroatoms. The van der Waals surface area contributed by atoms with E-state index >= 15 is 0 Å². The highest BCUT2D eigenvalue weighted by Crippen LogP contribution is 2.37. The van der Waals surface area contributed by atoms with Crippen LogP contribution < -0.4 is 0 Å². The molecule has 0 N–H and O–H groups in total. The number of sulfone groups is 1. The molecule has 0 spiro atoms. The summed E-state index contributed by atoms with van der Waals surface area (Å²) in [7, 11) is -3.74. The Balaban J connectivity index is 2.12. The monoisotopic (exact) mass is 387 g/mol. The van der Waals surface area contributed by atoms with E-state index in [9.17, 15) is 8.42 Å². The van der Waals surface area contributed by atoms with Crippen LogP contribution in [0.15, 0.2) is 74.0 Å². The van der Waals surface area contributed by atoms with Gasteiger partial charge in [0.15, 0.2) is 0 Å². The first kappa shape index (κ1) is 18.7. The highest BCUT2D eigenvalue weighted by molar-refractivity contribution is 8.00. The number of benzene rings is 2. The number of rotatable bonds is 6. The molecule has 136 valence electrons. The number of aromatic nitrogens is 1. The van der Waals surface area contributed by atoms with Crippen LogP contribution in [0.5, 0.6) is 0 Å². The fourth-order valence-corrected chi connectivity index (χ4v) is 4.82. The fraction of sp³-hybridized carbons (Fsp3) is 0.250. The number of aryl methyl sites for hydroxylation is 1. The quantitative estimate of drug-likeness (QED) is 0.532. The lowest BCUT2D eigenvalue weighted by Crippen LogP contribution is -2.04. The third kappa shape index (κ3) is 3.86. The van der Waals surface area contributed by atoms with Crippen LogP contribution in [0.25, 0.3) is 11.5 Å². The lowest BCUT2D eigenvalue weighted by molar-refractivity contribution is 0.469. The molecule has 0 radical (unpaired) electrons. The summed E-state index contributed by atoms with van der Waals surface area (Å²) in [6.07, 6.45) is 0.899. The number of hydrogen-bond donors (Lipinski definition) is 0. The van der Waals surface area contributed by atoms with Crippen molar-refractivity contribution < 1.29 is 12.8 Å². The van der Waals surface area contributed by atoms with E-state index in [1.165, 1.54) is 11.8 Å².